The molecule has 1 aromatic rings. The second-order valence-electron chi connectivity index (χ2n) is 7.92. The first-order chi connectivity index (χ1) is 15.3. The van der Waals surface area contributed by atoms with Gasteiger partial charge in [0.05, 0.1) is 12.7 Å². The number of dihydropyridines is 1. The maximum Gasteiger partial charge on any atom is 0.336 e. The Kier molecular flexibility index (Phi) is 8.22. The quantitative estimate of drug-likeness (QED) is 0.324. The van der Waals surface area contributed by atoms with Crippen LogP contribution in [0.4, 0.5) is 0 Å². The van der Waals surface area contributed by atoms with Crippen LogP contribution in [0.5, 0.6) is 0 Å². The molecule has 1 heterocycles. The van der Waals surface area contributed by atoms with Crippen LogP contribution < -0.4 is 5.32 Å². The first kappa shape index (κ1) is 24.6. The number of esters is 2. The topological polar surface area (TPSA) is 81.7 Å². The summed E-state index contributed by atoms with van der Waals surface area (Å²) >= 11 is 5.13. The normalized spacial score (nSPS) is 22.9. The standard InChI is InChI=1S/C24H28BrNO5S/c1-5-32-11-10-31-24(29)19-14(3)26-17-12-13(2)18(23(28)30-4)22(27)21(17)20(19)15-6-8-16(25)9-7-15/h6-9,13,18,20,26H,5,10-12H2,1-4H3/t13-,18+,20-/m1/s1. The monoisotopic (exact) mass is 521 g/mol. The summed E-state index contributed by atoms with van der Waals surface area (Å²) in [6.07, 6.45) is 0.515. The van der Waals surface area contributed by atoms with Crippen molar-refractivity contribution in [2.24, 2.45) is 11.8 Å². The Bertz CT molecular complexity index is 969. The van der Waals surface area contributed by atoms with Crippen molar-refractivity contribution in [1.82, 2.24) is 5.32 Å². The highest BCUT2D eigenvalue weighted by molar-refractivity contribution is 9.10. The molecular formula is C24H28BrNO5S. The zero-order valence-corrected chi connectivity index (χ0v) is 21.1. The van der Waals surface area contributed by atoms with E-state index in [1.807, 2.05) is 38.1 Å². The summed E-state index contributed by atoms with van der Waals surface area (Å²) in [4.78, 5) is 39.2. The lowest BCUT2D eigenvalue weighted by Gasteiger charge is -2.38. The van der Waals surface area contributed by atoms with Gasteiger partial charge in [-0.3, -0.25) is 9.59 Å². The van der Waals surface area contributed by atoms with Gasteiger partial charge in [-0.1, -0.05) is 41.9 Å². The molecule has 0 aromatic heterocycles. The van der Waals surface area contributed by atoms with Crippen molar-refractivity contribution in [3.8, 4) is 0 Å². The van der Waals surface area contributed by atoms with Crippen molar-refractivity contribution in [2.75, 3.05) is 25.2 Å². The molecule has 1 aromatic carbocycles. The van der Waals surface area contributed by atoms with E-state index in [0.29, 0.717) is 35.6 Å². The van der Waals surface area contributed by atoms with Gasteiger partial charge >= 0.3 is 11.9 Å². The van der Waals surface area contributed by atoms with Gasteiger partial charge in [-0.15, -0.1) is 0 Å². The summed E-state index contributed by atoms with van der Waals surface area (Å²) in [7, 11) is 1.29. The van der Waals surface area contributed by atoms with Crippen LogP contribution in [0.2, 0.25) is 0 Å². The van der Waals surface area contributed by atoms with E-state index in [4.69, 9.17) is 9.47 Å². The van der Waals surface area contributed by atoms with Gasteiger partial charge in [-0.05, 0) is 42.7 Å². The van der Waals surface area contributed by atoms with Crippen molar-refractivity contribution in [1.29, 1.82) is 0 Å². The van der Waals surface area contributed by atoms with E-state index in [2.05, 4.69) is 28.2 Å². The molecule has 0 fully saturated rings. The van der Waals surface area contributed by atoms with E-state index in [1.54, 1.807) is 11.8 Å². The van der Waals surface area contributed by atoms with E-state index in [0.717, 1.165) is 21.5 Å². The molecule has 8 heteroatoms. The fraction of sp³-hybridized carbons (Fsp3) is 0.458. The molecule has 3 atom stereocenters. The highest BCUT2D eigenvalue weighted by Gasteiger charge is 2.47. The maximum atomic E-state index is 13.6. The number of ether oxygens (including phenoxy) is 2. The first-order valence-electron chi connectivity index (χ1n) is 10.6. The van der Waals surface area contributed by atoms with Crippen LogP contribution in [0.25, 0.3) is 0 Å². The molecule has 1 aliphatic carbocycles. The SMILES string of the molecule is CCSCCOC(=O)C1=C(C)NC2=C(C(=O)[C@@H](C(=O)OC)[C@H](C)C2)[C@@H]1c1ccc(Br)cc1. The fourth-order valence-corrected chi connectivity index (χ4v) is 5.11. The third-order valence-corrected chi connectivity index (χ3v) is 7.22. The van der Waals surface area contributed by atoms with Crippen LogP contribution in [-0.4, -0.2) is 42.9 Å². The van der Waals surface area contributed by atoms with Gasteiger partial charge in [0, 0.05) is 33.1 Å². The summed E-state index contributed by atoms with van der Waals surface area (Å²) in [5.41, 5.74) is 3.07. The number of Topliss-reactive ketones (excluding diaryl/α,β-unsaturated/α-hetero) is 1. The fourth-order valence-electron chi connectivity index (χ4n) is 4.36. The average Bonchev–Trinajstić information content (AvgIpc) is 2.76. The largest absolute Gasteiger partial charge is 0.468 e. The number of carbonyl (C=O) groups excluding carboxylic acids is 3. The third kappa shape index (κ3) is 4.96. The minimum absolute atomic E-state index is 0.209. The van der Waals surface area contributed by atoms with Gasteiger partial charge in [0.25, 0.3) is 0 Å². The zero-order valence-electron chi connectivity index (χ0n) is 18.7. The second kappa shape index (κ2) is 10.7. The third-order valence-electron chi connectivity index (χ3n) is 5.83. The molecule has 0 bridgehead atoms. The minimum atomic E-state index is -0.893. The van der Waals surface area contributed by atoms with Crippen molar-refractivity contribution in [3.05, 3.63) is 56.8 Å². The molecule has 6 nitrogen and oxygen atoms in total. The Morgan fingerprint density at radius 3 is 2.56 bits per heavy atom. The molecule has 0 unspecified atom stereocenters. The van der Waals surface area contributed by atoms with Crippen LogP contribution in [0.15, 0.2) is 51.3 Å². The van der Waals surface area contributed by atoms with Gasteiger partial charge < -0.3 is 14.8 Å². The molecule has 3 rings (SSSR count). The lowest BCUT2D eigenvalue weighted by atomic mass is 9.69. The van der Waals surface area contributed by atoms with Crippen molar-refractivity contribution in [2.45, 2.75) is 33.1 Å². The molecule has 32 heavy (non-hydrogen) atoms. The number of rotatable bonds is 7. The smallest absolute Gasteiger partial charge is 0.336 e. The number of carbonyl (C=O) groups is 3. The Morgan fingerprint density at radius 1 is 1.25 bits per heavy atom. The summed E-state index contributed by atoms with van der Waals surface area (Å²) in [5.74, 6) is -1.36. The Hall–Kier alpha value is -2.06. The number of hydrogen-bond donors (Lipinski definition) is 1. The summed E-state index contributed by atoms with van der Waals surface area (Å²) in [5, 5.41) is 3.27. The number of ketones is 1. The van der Waals surface area contributed by atoms with Gasteiger partial charge in [-0.25, -0.2) is 4.79 Å². The molecule has 2 aliphatic rings. The van der Waals surface area contributed by atoms with Crippen LogP contribution in [0.3, 0.4) is 0 Å². The Balaban J connectivity index is 2.06. The predicted octanol–water partition coefficient (Wildman–Crippen LogP) is 4.36. The van der Waals surface area contributed by atoms with Gasteiger partial charge in [-0.2, -0.15) is 11.8 Å². The molecule has 1 N–H and O–H groups in total. The predicted molar refractivity (Wildman–Crippen MR) is 128 cm³/mol. The number of methoxy groups -OCH3 is 1. The number of nitrogens with one attached hydrogen (secondary N) is 1. The van der Waals surface area contributed by atoms with Crippen LogP contribution in [0, 0.1) is 11.8 Å². The van der Waals surface area contributed by atoms with Crippen LogP contribution >= 0.6 is 27.7 Å². The maximum absolute atomic E-state index is 13.6. The van der Waals surface area contributed by atoms with E-state index < -0.39 is 23.8 Å². The van der Waals surface area contributed by atoms with E-state index >= 15 is 0 Å². The zero-order chi connectivity index (χ0) is 23.4. The Labute approximate surface area is 201 Å². The average molecular weight is 522 g/mol. The highest BCUT2D eigenvalue weighted by atomic mass is 79.9. The molecule has 0 radical (unpaired) electrons. The van der Waals surface area contributed by atoms with Crippen molar-refractivity contribution in [3.63, 3.8) is 0 Å². The Morgan fingerprint density at radius 2 is 1.94 bits per heavy atom. The van der Waals surface area contributed by atoms with E-state index in [1.165, 1.54) is 7.11 Å². The molecular weight excluding hydrogens is 494 g/mol. The van der Waals surface area contributed by atoms with Gasteiger partial charge in [0.2, 0.25) is 0 Å². The van der Waals surface area contributed by atoms with E-state index in [9.17, 15) is 14.4 Å². The number of thioether (sulfide) groups is 1. The summed E-state index contributed by atoms with van der Waals surface area (Å²) in [6.45, 7) is 6.04. The summed E-state index contributed by atoms with van der Waals surface area (Å²) in [6, 6.07) is 7.52. The minimum Gasteiger partial charge on any atom is -0.468 e. The van der Waals surface area contributed by atoms with Gasteiger partial charge in [0.15, 0.2) is 5.78 Å². The number of halogens is 1. The van der Waals surface area contributed by atoms with Crippen molar-refractivity contribution >= 4 is 45.4 Å². The molecule has 0 saturated heterocycles. The number of benzene rings is 1. The van der Waals surface area contributed by atoms with Crippen molar-refractivity contribution < 1.29 is 23.9 Å². The first-order valence-corrected chi connectivity index (χ1v) is 12.6. The van der Waals surface area contributed by atoms with Crippen LogP contribution in [-0.2, 0) is 23.9 Å². The molecule has 0 spiro atoms. The van der Waals surface area contributed by atoms with E-state index in [-0.39, 0.29) is 11.7 Å². The summed E-state index contributed by atoms with van der Waals surface area (Å²) < 4.78 is 11.4. The lowest BCUT2D eigenvalue weighted by molar-refractivity contribution is -0.151. The number of allylic oxidation sites excluding steroid dienone is 3. The lowest BCUT2D eigenvalue weighted by Crippen LogP contribution is -2.43. The molecule has 0 saturated carbocycles. The van der Waals surface area contributed by atoms with Gasteiger partial charge in [0.1, 0.15) is 12.5 Å². The number of hydrogen-bond acceptors (Lipinski definition) is 7. The molecule has 172 valence electrons. The highest BCUT2D eigenvalue weighted by Crippen LogP contribution is 2.45. The molecule has 0 amide bonds. The molecule has 1 aliphatic heterocycles. The van der Waals surface area contributed by atoms with Crippen LogP contribution in [0.1, 0.15) is 38.7 Å². The second-order valence-corrected chi connectivity index (χ2v) is 10.2.